The number of esters is 2. The maximum atomic E-state index is 11.4. The first kappa shape index (κ1) is 26.2. The lowest BCUT2D eigenvalue weighted by Gasteiger charge is -2.16. The summed E-state index contributed by atoms with van der Waals surface area (Å²) in [5, 5.41) is 10.7. The van der Waals surface area contributed by atoms with Gasteiger partial charge in [-0.3, -0.25) is 9.59 Å². The Bertz CT molecular complexity index is 919. The Morgan fingerprint density at radius 1 is 0.848 bits per heavy atom. The normalized spacial score (nSPS) is 10.8. The summed E-state index contributed by atoms with van der Waals surface area (Å²) < 4.78 is 15.5. The highest BCUT2D eigenvalue weighted by atomic mass is 16.5. The van der Waals surface area contributed by atoms with Crippen LogP contribution in [-0.2, 0) is 31.9 Å². The zero-order valence-electron chi connectivity index (χ0n) is 20.2. The van der Waals surface area contributed by atoms with E-state index in [1.165, 1.54) is 14.2 Å². The summed E-state index contributed by atoms with van der Waals surface area (Å²) in [6.45, 7) is 4.89. The number of methoxy groups -OCH3 is 2. The summed E-state index contributed by atoms with van der Waals surface area (Å²) in [6.07, 6.45) is 4.41. The van der Waals surface area contributed by atoms with Crippen LogP contribution >= 0.6 is 0 Å². The molecule has 33 heavy (non-hydrogen) atoms. The third kappa shape index (κ3) is 8.79. The Morgan fingerprint density at radius 2 is 1.39 bits per heavy atom. The minimum atomic E-state index is -0.227. The van der Waals surface area contributed by atoms with Gasteiger partial charge in [0.2, 0.25) is 0 Å². The Hall–Kier alpha value is -3.02. The number of carbonyl (C=O) groups is 2. The number of carbonyl (C=O) groups excluding carboxylic acids is 2. The zero-order valence-corrected chi connectivity index (χ0v) is 20.2. The molecule has 0 aliphatic carbocycles. The predicted octanol–water partition coefficient (Wildman–Crippen LogP) is 5.48. The highest BCUT2D eigenvalue weighted by molar-refractivity contribution is 5.77. The number of aryl methyl sites for hydroxylation is 2. The summed E-state index contributed by atoms with van der Waals surface area (Å²) in [5.74, 6) is 0.967. The van der Waals surface area contributed by atoms with Gasteiger partial charge in [-0.1, -0.05) is 26.0 Å². The Kier molecular flexibility index (Phi) is 10.7. The summed E-state index contributed by atoms with van der Waals surface area (Å²) in [6, 6.07) is 11.5. The SMILES string of the molecule is COC(=O)CCCc1ccc(O)c(-c2cc(CCCC(=O)OC)ccc2OCCC(C)C)c1. The van der Waals surface area contributed by atoms with Crippen LogP contribution in [0, 0.1) is 5.92 Å². The van der Waals surface area contributed by atoms with Crippen molar-refractivity contribution in [2.75, 3.05) is 20.8 Å². The number of hydrogen-bond donors (Lipinski definition) is 1. The van der Waals surface area contributed by atoms with E-state index in [9.17, 15) is 14.7 Å². The number of hydrogen-bond acceptors (Lipinski definition) is 6. The maximum Gasteiger partial charge on any atom is 0.305 e. The van der Waals surface area contributed by atoms with Crippen molar-refractivity contribution in [3.05, 3.63) is 47.5 Å². The van der Waals surface area contributed by atoms with Crippen LogP contribution in [0.5, 0.6) is 11.5 Å². The van der Waals surface area contributed by atoms with E-state index in [-0.39, 0.29) is 17.7 Å². The van der Waals surface area contributed by atoms with E-state index < -0.39 is 0 Å². The van der Waals surface area contributed by atoms with Crippen molar-refractivity contribution in [2.24, 2.45) is 5.92 Å². The molecule has 6 nitrogen and oxygen atoms in total. The van der Waals surface area contributed by atoms with Gasteiger partial charge in [-0.25, -0.2) is 0 Å². The average Bonchev–Trinajstić information content (AvgIpc) is 2.80. The van der Waals surface area contributed by atoms with Crippen molar-refractivity contribution in [3.8, 4) is 22.6 Å². The second kappa shape index (κ2) is 13.5. The number of rotatable bonds is 13. The molecule has 0 aromatic heterocycles. The van der Waals surface area contributed by atoms with Crippen molar-refractivity contribution < 1.29 is 28.9 Å². The molecule has 0 atom stereocenters. The van der Waals surface area contributed by atoms with Gasteiger partial charge in [0.15, 0.2) is 0 Å². The lowest BCUT2D eigenvalue weighted by molar-refractivity contribution is -0.141. The van der Waals surface area contributed by atoms with Crippen molar-refractivity contribution in [2.45, 2.75) is 58.8 Å². The minimum Gasteiger partial charge on any atom is -0.507 e. The molecule has 0 aliphatic heterocycles. The second-order valence-corrected chi connectivity index (χ2v) is 8.57. The van der Waals surface area contributed by atoms with Gasteiger partial charge < -0.3 is 19.3 Å². The molecule has 1 N–H and O–H groups in total. The highest BCUT2D eigenvalue weighted by Crippen LogP contribution is 2.38. The zero-order chi connectivity index (χ0) is 24.2. The molecule has 0 saturated heterocycles. The largest absolute Gasteiger partial charge is 0.507 e. The summed E-state index contributed by atoms with van der Waals surface area (Å²) >= 11 is 0. The average molecular weight is 457 g/mol. The standard InChI is InChI=1S/C27H36O6/c1-19(2)15-16-33-25-14-12-21(8-6-10-27(30)32-4)18-23(25)22-17-20(11-13-24(22)28)7-5-9-26(29)31-3/h11-14,17-19,28H,5-10,15-16H2,1-4H3. The maximum absolute atomic E-state index is 11.4. The highest BCUT2D eigenvalue weighted by Gasteiger charge is 2.14. The first-order valence-corrected chi connectivity index (χ1v) is 11.6. The molecule has 2 aromatic carbocycles. The molecule has 0 radical (unpaired) electrons. The van der Waals surface area contributed by atoms with E-state index in [4.69, 9.17) is 14.2 Å². The lowest BCUT2D eigenvalue weighted by atomic mass is 9.96. The first-order valence-electron chi connectivity index (χ1n) is 11.6. The molecule has 0 saturated carbocycles. The molecule has 0 aliphatic rings. The number of phenols is 1. The van der Waals surface area contributed by atoms with Crippen LogP contribution in [0.3, 0.4) is 0 Å². The Labute approximate surface area is 196 Å². The van der Waals surface area contributed by atoms with E-state index in [1.807, 2.05) is 30.3 Å². The second-order valence-electron chi connectivity index (χ2n) is 8.57. The van der Waals surface area contributed by atoms with Gasteiger partial charge in [0, 0.05) is 24.0 Å². The third-order valence-electron chi connectivity index (χ3n) is 5.50. The third-order valence-corrected chi connectivity index (χ3v) is 5.50. The smallest absolute Gasteiger partial charge is 0.305 e. The van der Waals surface area contributed by atoms with Crippen LogP contribution in [0.2, 0.25) is 0 Å². The van der Waals surface area contributed by atoms with Gasteiger partial charge in [0.25, 0.3) is 0 Å². The van der Waals surface area contributed by atoms with Crippen LogP contribution in [-0.4, -0.2) is 37.9 Å². The van der Waals surface area contributed by atoms with Crippen molar-refractivity contribution >= 4 is 11.9 Å². The molecular weight excluding hydrogens is 420 g/mol. The molecule has 0 bridgehead atoms. The molecule has 2 rings (SSSR count). The molecule has 180 valence electrons. The fourth-order valence-electron chi connectivity index (χ4n) is 3.51. The van der Waals surface area contributed by atoms with Gasteiger partial charge in [-0.15, -0.1) is 0 Å². The number of ether oxygens (including phenoxy) is 3. The topological polar surface area (TPSA) is 82.1 Å². The van der Waals surface area contributed by atoms with E-state index >= 15 is 0 Å². The van der Waals surface area contributed by atoms with Gasteiger partial charge in [0.1, 0.15) is 11.5 Å². The fourth-order valence-corrected chi connectivity index (χ4v) is 3.51. The van der Waals surface area contributed by atoms with Crippen LogP contribution in [0.4, 0.5) is 0 Å². The quantitative estimate of drug-likeness (QED) is 0.402. The van der Waals surface area contributed by atoms with Crippen molar-refractivity contribution in [3.63, 3.8) is 0 Å². The molecular formula is C27H36O6. The molecule has 0 heterocycles. The summed E-state index contributed by atoms with van der Waals surface area (Å²) in [7, 11) is 2.78. The molecule has 0 spiro atoms. The molecule has 0 amide bonds. The Balaban J connectivity index is 2.28. The van der Waals surface area contributed by atoms with E-state index in [2.05, 4.69) is 13.8 Å². The van der Waals surface area contributed by atoms with Crippen LogP contribution in [0.1, 0.15) is 57.1 Å². The molecule has 0 fully saturated rings. The first-order chi connectivity index (χ1) is 15.8. The van der Waals surface area contributed by atoms with Gasteiger partial charge >= 0.3 is 11.9 Å². The van der Waals surface area contributed by atoms with Crippen molar-refractivity contribution in [1.29, 1.82) is 0 Å². The van der Waals surface area contributed by atoms with Crippen LogP contribution < -0.4 is 4.74 Å². The van der Waals surface area contributed by atoms with Gasteiger partial charge in [0.05, 0.1) is 20.8 Å². The van der Waals surface area contributed by atoms with Crippen molar-refractivity contribution in [1.82, 2.24) is 0 Å². The fraction of sp³-hybridized carbons (Fsp3) is 0.481. The van der Waals surface area contributed by atoms with Crippen LogP contribution in [0.25, 0.3) is 11.1 Å². The molecule has 6 heteroatoms. The van der Waals surface area contributed by atoms with Gasteiger partial charge in [-0.2, -0.15) is 0 Å². The molecule has 2 aromatic rings. The summed E-state index contributed by atoms with van der Waals surface area (Å²) in [5.41, 5.74) is 3.60. The van der Waals surface area contributed by atoms with Gasteiger partial charge in [-0.05, 0) is 73.4 Å². The Morgan fingerprint density at radius 3 is 1.94 bits per heavy atom. The summed E-state index contributed by atoms with van der Waals surface area (Å²) in [4.78, 5) is 22.9. The lowest BCUT2D eigenvalue weighted by Crippen LogP contribution is -2.04. The number of phenolic OH excluding ortho intramolecular Hbond substituents is 1. The number of benzene rings is 2. The molecule has 0 unspecified atom stereocenters. The van der Waals surface area contributed by atoms with E-state index in [1.54, 1.807) is 6.07 Å². The predicted molar refractivity (Wildman–Crippen MR) is 128 cm³/mol. The minimum absolute atomic E-state index is 0.173. The monoisotopic (exact) mass is 456 g/mol. The number of aromatic hydroxyl groups is 1. The van der Waals surface area contributed by atoms with Crippen LogP contribution in [0.15, 0.2) is 36.4 Å². The van der Waals surface area contributed by atoms with E-state index in [0.717, 1.165) is 28.9 Å². The van der Waals surface area contributed by atoms with E-state index in [0.29, 0.717) is 56.6 Å².